The largest absolute Gasteiger partial charge is 0.375 e. The molecule has 1 aromatic rings. The molecule has 1 N–H and O–H groups in total. The third-order valence-corrected chi connectivity index (χ3v) is 5.33. The minimum absolute atomic E-state index is 0.0990. The molecular weight excluding hydrogens is 316 g/mol. The van der Waals surface area contributed by atoms with E-state index in [2.05, 4.69) is 21.4 Å². The Labute approximate surface area is 150 Å². The Hall–Kier alpha value is -1.69. The van der Waals surface area contributed by atoms with Crippen LogP contribution in [0, 0.1) is 12.8 Å². The van der Waals surface area contributed by atoms with Crippen LogP contribution in [0.4, 0.5) is 5.82 Å². The number of ether oxygens (including phenoxy) is 1. The maximum atomic E-state index is 11.9. The lowest BCUT2D eigenvalue weighted by Crippen LogP contribution is -2.40. The Kier molecular flexibility index (Phi) is 6.24. The molecular formula is C19H30N4O2. The number of rotatable bonds is 6. The summed E-state index contributed by atoms with van der Waals surface area (Å²) in [5.74, 6) is 2.50. The molecule has 0 aromatic carbocycles. The van der Waals surface area contributed by atoms with E-state index in [1.54, 1.807) is 7.11 Å². The highest BCUT2D eigenvalue weighted by atomic mass is 16.5. The van der Waals surface area contributed by atoms with Gasteiger partial charge in [-0.1, -0.05) is 12.8 Å². The van der Waals surface area contributed by atoms with E-state index < -0.39 is 0 Å². The van der Waals surface area contributed by atoms with Crippen LogP contribution in [-0.4, -0.2) is 53.6 Å². The van der Waals surface area contributed by atoms with E-state index in [1.165, 1.54) is 25.7 Å². The van der Waals surface area contributed by atoms with Crippen molar-refractivity contribution >= 4 is 11.7 Å². The Morgan fingerprint density at radius 1 is 1.24 bits per heavy atom. The molecule has 0 atom stereocenters. The van der Waals surface area contributed by atoms with Gasteiger partial charge in [0.15, 0.2) is 0 Å². The number of carbonyl (C=O) groups is 1. The maximum absolute atomic E-state index is 11.9. The molecule has 1 aliphatic heterocycles. The molecule has 2 heterocycles. The van der Waals surface area contributed by atoms with Gasteiger partial charge in [0.25, 0.3) is 0 Å². The van der Waals surface area contributed by atoms with Crippen molar-refractivity contribution in [3.05, 3.63) is 17.6 Å². The highest BCUT2D eigenvalue weighted by Gasteiger charge is 2.23. The number of hydrogen-bond acceptors (Lipinski definition) is 5. The van der Waals surface area contributed by atoms with Crippen molar-refractivity contribution in [3.63, 3.8) is 0 Å². The molecule has 0 bridgehead atoms. The van der Waals surface area contributed by atoms with Crippen LogP contribution in [0.5, 0.6) is 0 Å². The molecule has 1 aliphatic carbocycles. The van der Waals surface area contributed by atoms with Gasteiger partial charge >= 0.3 is 0 Å². The van der Waals surface area contributed by atoms with E-state index in [4.69, 9.17) is 4.74 Å². The number of methoxy groups -OCH3 is 1. The first-order chi connectivity index (χ1) is 12.1. The van der Waals surface area contributed by atoms with Gasteiger partial charge in [0, 0.05) is 38.0 Å². The first-order valence-corrected chi connectivity index (χ1v) is 9.52. The summed E-state index contributed by atoms with van der Waals surface area (Å²) in [7, 11) is 1.57. The normalized spacial score (nSPS) is 19.4. The van der Waals surface area contributed by atoms with Gasteiger partial charge in [-0.05, 0) is 44.9 Å². The second-order valence-corrected chi connectivity index (χ2v) is 7.38. The lowest BCUT2D eigenvalue weighted by atomic mass is 9.92. The van der Waals surface area contributed by atoms with Gasteiger partial charge < -0.3 is 15.0 Å². The smallest absolute Gasteiger partial charge is 0.248 e. The summed E-state index contributed by atoms with van der Waals surface area (Å²) >= 11 is 0. The topological polar surface area (TPSA) is 67.3 Å². The SMILES string of the molecule is COCC(=O)N1CCC(Cc2cc(NC3CCCC3)nc(C)n2)CC1. The number of carbonyl (C=O) groups excluding carboxylic acids is 1. The Bertz CT molecular complexity index is 579. The second kappa shape index (κ2) is 8.61. The highest BCUT2D eigenvalue weighted by Crippen LogP contribution is 2.24. The molecule has 2 fully saturated rings. The number of aryl methyl sites for hydroxylation is 1. The summed E-state index contributed by atoms with van der Waals surface area (Å²) in [5.41, 5.74) is 1.12. The van der Waals surface area contributed by atoms with Crippen LogP contribution in [0.15, 0.2) is 6.07 Å². The van der Waals surface area contributed by atoms with Crippen LogP contribution in [0.25, 0.3) is 0 Å². The predicted octanol–water partition coefficient (Wildman–Crippen LogP) is 2.57. The number of nitrogens with zero attached hydrogens (tertiary/aromatic N) is 3. The van der Waals surface area contributed by atoms with Gasteiger partial charge in [0.2, 0.25) is 5.91 Å². The zero-order valence-electron chi connectivity index (χ0n) is 15.5. The van der Waals surface area contributed by atoms with Crippen molar-refractivity contribution in [3.8, 4) is 0 Å². The van der Waals surface area contributed by atoms with Gasteiger partial charge in [-0.25, -0.2) is 9.97 Å². The third kappa shape index (κ3) is 5.14. The van der Waals surface area contributed by atoms with Gasteiger partial charge in [-0.15, -0.1) is 0 Å². The average Bonchev–Trinajstić information content (AvgIpc) is 3.08. The van der Waals surface area contributed by atoms with Crippen molar-refractivity contribution in [1.29, 1.82) is 0 Å². The maximum Gasteiger partial charge on any atom is 0.248 e. The van der Waals surface area contributed by atoms with Crippen LogP contribution in [0.1, 0.15) is 50.0 Å². The fourth-order valence-electron chi connectivity index (χ4n) is 3.98. The van der Waals surface area contributed by atoms with E-state index in [9.17, 15) is 4.79 Å². The van der Waals surface area contributed by atoms with E-state index in [0.717, 1.165) is 49.7 Å². The van der Waals surface area contributed by atoms with Crippen molar-refractivity contribution < 1.29 is 9.53 Å². The van der Waals surface area contributed by atoms with Gasteiger partial charge in [0.1, 0.15) is 18.2 Å². The van der Waals surface area contributed by atoms with Crippen LogP contribution in [0.3, 0.4) is 0 Å². The first kappa shape index (κ1) is 18.1. The molecule has 0 unspecified atom stereocenters. The number of hydrogen-bond donors (Lipinski definition) is 1. The number of anilines is 1. The molecule has 1 aromatic heterocycles. The second-order valence-electron chi connectivity index (χ2n) is 7.38. The van der Waals surface area contributed by atoms with E-state index in [0.29, 0.717) is 12.0 Å². The standard InChI is InChI=1S/C19H30N4O2/c1-14-20-17(12-18(21-14)22-16-5-3-4-6-16)11-15-7-9-23(10-8-15)19(24)13-25-2/h12,15-16H,3-11,13H2,1-2H3,(H,20,21,22). The molecule has 1 saturated carbocycles. The Balaban J connectivity index is 1.54. The summed E-state index contributed by atoms with van der Waals surface area (Å²) in [6, 6.07) is 2.69. The van der Waals surface area contributed by atoms with Crippen LogP contribution in [-0.2, 0) is 16.0 Å². The van der Waals surface area contributed by atoms with Gasteiger partial charge in [0.05, 0.1) is 0 Å². The molecule has 138 valence electrons. The van der Waals surface area contributed by atoms with E-state index >= 15 is 0 Å². The summed E-state index contributed by atoms with van der Waals surface area (Å²) in [6.07, 6.45) is 8.14. The lowest BCUT2D eigenvalue weighted by molar-refractivity contribution is -0.136. The Morgan fingerprint density at radius 3 is 2.64 bits per heavy atom. The van der Waals surface area contributed by atoms with Crippen molar-refractivity contribution in [1.82, 2.24) is 14.9 Å². The van der Waals surface area contributed by atoms with Crippen molar-refractivity contribution in [2.24, 2.45) is 5.92 Å². The van der Waals surface area contributed by atoms with Crippen LogP contribution >= 0.6 is 0 Å². The van der Waals surface area contributed by atoms with Gasteiger partial charge in [-0.2, -0.15) is 0 Å². The molecule has 1 saturated heterocycles. The molecule has 25 heavy (non-hydrogen) atoms. The lowest BCUT2D eigenvalue weighted by Gasteiger charge is -2.31. The van der Waals surface area contributed by atoms with Crippen LogP contribution in [0.2, 0.25) is 0 Å². The predicted molar refractivity (Wildman–Crippen MR) is 97.5 cm³/mol. The number of likely N-dealkylation sites (tertiary alicyclic amines) is 1. The van der Waals surface area contributed by atoms with E-state index in [1.807, 2.05) is 11.8 Å². The molecule has 0 spiro atoms. The number of aromatic nitrogens is 2. The van der Waals surface area contributed by atoms with Crippen molar-refractivity contribution in [2.75, 3.05) is 32.1 Å². The highest BCUT2D eigenvalue weighted by molar-refractivity contribution is 5.77. The zero-order chi connectivity index (χ0) is 17.6. The summed E-state index contributed by atoms with van der Waals surface area (Å²) in [4.78, 5) is 23.0. The fraction of sp³-hybridized carbons (Fsp3) is 0.737. The molecule has 2 aliphatic rings. The molecule has 0 radical (unpaired) electrons. The fourth-order valence-corrected chi connectivity index (χ4v) is 3.98. The summed E-state index contributed by atoms with van der Waals surface area (Å²) < 4.78 is 4.95. The molecule has 6 nitrogen and oxygen atoms in total. The van der Waals surface area contributed by atoms with Gasteiger partial charge in [-0.3, -0.25) is 4.79 Å². The number of nitrogens with one attached hydrogen (secondary N) is 1. The zero-order valence-corrected chi connectivity index (χ0v) is 15.5. The number of piperidine rings is 1. The average molecular weight is 346 g/mol. The quantitative estimate of drug-likeness (QED) is 0.857. The summed E-state index contributed by atoms with van der Waals surface area (Å²) in [6.45, 7) is 3.80. The van der Waals surface area contributed by atoms with E-state index in [-0.39, 0.29) is 12.5 Å². The first-order valence-electron chi connectivity index (χ1n) is 9.52. The number of amides is 1. The monoisotopic (exact) mass is 346 g/mol. The van der Waals surface area contributed by atoms with Crippen molar-refractivity contribution in [2.45, 2.75) is 57.9 Å². The van der Waals surface area contributed by atoms with Crippen LogP contribution < -0.4 is 5.32 Å². The molecule has 6 heteroatoms. The summed E-state index contributed by atoms with van der Waals surface area (Å²) in [5, 5.41) is 3.58. The third-order valence-electron chi connectivity index (χ3n) is 5.33. The Morgan fingerprint density at radius 2 is 1.96 bits per heavy atom. The minimum atomic E-state index is 0.0990. The minimum Gasteiger partial charge on any atom is -0.375 e. The molecule has 1 amide bonds. The molecule has 3 rings (SSSR count).